The number of benzene rings is 1. The Morgan fingerprint density at radius 1 is 1.25 bits per heavy atom. The lowest BCUT2D eigenvalue weighted by Crippen LogP contribution is -2.21. The van der Waals surface area contributed by atoms with E-state index >= 15 is 0 Å². The van der Waals surface area contributed by atoms with Crippen LogP contribution < -0.4 is 10.1 Å². The molecule has 1 aliphatic rings. The zero-order valence-electron chi connectivity index (χ0n) is 14.2. The molecule has 0 bridgehead atoms. The van der Waals surface area contributed by atoms with E-state index in [-0.39, 0.29) is 0 Å². The Balaban J connectivity index is 1.63. The molecule has 1 aromatic carbocycles. The molecule has 24 heavy (non-hydrogen) atoms. The Hall–Kier alpha value is -2.01. The predicted molar refractivity (Wildman–Crippen MR) is 101 cm³/mol. The summed E-state index contributed by atoms with van der Waals surface area (Å²) in [5.74, 6) is 0.883. The molecule has 4 nitrogen and oxygen atoms in total. The van der Waals surface area contributed by atoms with Crippen LogP contribution in [0.3, 0.4) is 0 Å². The first-order valence-corrected chi connectivity index (χ1v) is 9.48. The monoisotopic (exact) mass is 341 g/mol. The third kappa shape index (κ3) is 2.88. The van der Waals surface area contributed by atoms with E-state index in [1.807, 2.05) is 6.07 Å². The highest BCUT2D eigenvalue weighted by Crippen LogP contribution is 2.34. The van der Waals surface area contributed by atoms with Crippen molar-refractivity contribution in [1.29, 1.82) is 0 Å². The fraction of sp³-hybridized carbons (Fsp3) is 0.421. The maximum atomic E-state index is 5.34. The van der Waals surface area contributed by atoms with Crippen molar-refractivity contribution in [2.75, 3.05) is 12.4 Å². The van der Waals surface area contributed by atoms with Crippen LogP contribution in [-0.2, 0) is 7.05 Å². The molecule has 4 rings (SSSR count). The molecule has 1 N–H and O–H groups in total. The van der Waals surface area contributed by atoms with Crippen molar-refractivity contribution in [2.24, 2.45) is 7.05 Å². The highest BCUT2D eigenvalue weighted by atomic mass is 32.1. The summed E-state index contributed by atoms with van der Waals surface area (Å²) >= 11 is 1.71. The van der Waals surface area contributed by atoms with Gasteiger partial charge in [-0.15, -0.1) is 11.3 Å². The van der Waals surface area contributed by atoms with Crippen molar-refractivity contribution in [1.82, 2.24) is 9.55 Å². The molecule has 0 aliphatic heterocycles. The number of methoxy groups -OCH3 is 1. The van der Waals surface area contributed by atoms with Gasteiger partial charge < -0.3 is 14.6 Å². The summed E-state index contributed by atoms with van der Waals surface area (Å²) < 4.78 is 7.48. The second-order valence-electron chi connectivity index (χ2n) is 6.55. The molecule has 1 aliphatic carbocycles. The van der Waals surface area contributed by atoms with E-state index in [1.165, 1.54) is 48.6 Å². The van der Waals surface area contributed by atoms with Crippen LogP contribution in [0.4, 0.5) is 5.13 Å². The topological polar surface area (TPSA) is 39.1 Å². The zero-order chi connectivity index (χ0) is 16.5. The number of hydrogen-bond acceptors (Lipinski definition) is 4. The first kappa shape index (κ1) is 15.5. The second kappa shape index (κ2) is 6.48. The van der Waals surface area contributed by atoms with E-state index in [0.717, 1.165) is 16.6 Å². The van der Waals surface area contributed by atoms with Crippen LogP contribution in [0.1, 0.15) is 32.1 Å². The van der Waals surface area contributed by atoms with Crippen LogP contribution in [0.25, 0.3) is 22.2 Å². The van der Waals surface area contributed by atoms with E-state index < -0.39 is 0 Å². The van der Waals surface area contributed by atoms with Crippen molar-refractivity contribution < 1.29 is 4.74 Å². The fourth-order valence-electron chi connectivity index (χ4n) is 3.58. The molecule has 0 saturated heterocycles. The van der Waals surface area contributed by atoms with E-state index in [9.17, 15) is 0 Å². The first-order valence-electron chi connectivity index (χ1n) is 8.60. The van der Waals surface area contributed by atoms with Crippen molar-refractivity contribution in [3.05, 3.63) is 29.8 Å². The second-order valence-corrected chi connectivity index (χ2v) is 7.41. The van der Waals surface area contributed by atoms with Crippen LogP contribution in [-0.4, -0.2) is 22.7 Å². The minimum Gasteiger partial charge on any atom is -0.497 e. The standard InChI is InChI=1S/C19H23N3OS/c1-22-11-16(15-9-8-14(23-2)10-18(15)22)17-12-24-19(21-17)20-13-6-4-3-5-7-13/h8-13H,3-7H2,1-2H3,(H,20,21). The lowest BCUT2D eigenvalue weighted by atomic mass is 9.96. The molecular formula is C19H23N3OS. The van der Waals surface area contributed by atoms with Gasteiger partial charge in [0.1, 0.15) is 5.75 Å². The lowest BCUT2D eigenvalue weighted by molar-refractivity contribution is 0.415. The molecule has 3 aromatic rings. The Bertz CT molecular complexity index is 846. The molecule has 1 fully saturated rings. The van der Waals surface area contributed by atoms with Crippen LogP contribution in [0.5, 0.6) is 5.75 Å². The summed E-state index contributed by atoms with van der Waals surface area (Å²) in [6.07, 6.45) is 8.73. The van der Waals surface area contributed by atoms with Gasteiger partial charge in [0.05, 0.1) is 18.3 Å². The largest absolute Gasteiger partial charge is 0.497 e. The van der Waals surface area contributed by atoms with Gasteiger partial charge in [-0.3, -0.25) is 0 Å². The minimum atomic E-state index is 0.592. The highest BCUT2D eigenvalue weighted by Gasteiger charge is 2.16. The summed E-state index contributed by atoms with van der Waals surface area (Å²) in [5.41, 5.74) is 3.40. The number of rotatable bonds is 4. The smallest absolute Gasteiger partial charge is 0.183 e. The zero-order valence-corrected chi connectivity index (χ0v) is 15.0. The number of fused-ring (bicyclic) bond motifs is 1. The third-order valence-electron chi connectivity index (χ3n) is 4.91. The maximum absolute atomic E-state index is 5.34. The van der Waals surface area contributed by atoms with Crippen LogP contribution in [0.2, 0.25) is 0 Å². The van der Waals surface area contributed by atoms with E-state index in [4.69, 9.17) is 9.72 Å². The molecule has 126 valence electrons. The average molecular weight is 341 g/mol. The van der Waals surface area contributed by atoms with E-state index in [2.05, 4.69) is 40.6 Å². The summed E-state index contributed by atoms with van der Waals surface area (Å²) in [5, 5.41) is 8.04. The van der Waals surface area contributed by atoms with Gasteiger partial charge >= 0.3 is 0 Å². The predicted octanol–water partition coefficient (Wildman–Crippen LogP) is 5.06. The minimum absolute atomic E-state index is 0.592. The average Bonchev–Trinajstić information content (AvgIpc) is 3.20. The number of ether oxygens (including phenoxy) is 1. The van der Waals surface area contributed by atoms with Gasteiger partial charge in [-0.2, -0.15) is 0 Å². The SMILES string of the molecule is COc1ccc2c(-c3csc(NC4CCCCC4)n3)cn(C)c2c1. The lowest BCUT2D eigenvalue weighted by Gasteiger charge is -2.22. The van der Waals surface area contributed by atoms with Crippen molar-refractivity contribution >= 4 is 27.4 Å². The van der Waals surface area contributed by atoms with E-state index in [1.54, 1.807) is 18.4 Å². The summed E-state index contributed by atoms with van der Waals surface area (Å²) in [4.78, 5) is 4.84. The fourth-order valence-corrected chi connectivity index (χ4v) is 4.37. The first-order chi connectivity index (χ1) is 11.7. The van der Waals surface area contributed by atoms with Crippen LogP contribution in [0, 0.1) is 0 Å². The van der Waals surface area contributed by atoms with Gasteiger partial charge in [0.25, 0.3) is 0 Å². The number of thiazole rings is 1. The van der Waals surface area contributed by atoms with Crippen molar-refractivity contribution in [3.63, 3.8) is 0 Å². The van der Waals surface area contributed by atoms with Gasteiger partial charge in [0.2, 0.25) is 0 Å². The highest BCUT2D eigenvalue weighted by molar-refractivity contribution is 7.14. The molecule has 0 spiro atoms. The Morgan fingerprint density at radius 3 is 2.88 bits per heavy atom. The van der Waals surface area contributed by atoms with E-state index in [0.29, 0.717) is 6.04 Å². The summed E-state index contributed by atoms with van der Waals surface area (Å²) in [7, 11) is 3.77. The molecule has 2 aromatic heterocycles. The summed E-state index contributed by atoms with van der Waals surface area (Å²) in [6.45, 7) is 0. The quantitative estimate of drug-likeness (QED) is 0.721. The molecule has 0 atom stereocenters. The Labute approximate surface area is 146 Å². The molecule has 2 heterocycles. The molecular weight excluding hydrogens is 318 g/mol. The molecule has 0 unspecified atom stereocenters. The third-order valence-corrected chi connectivity index (χ3v) is 5.68. The number of nitrogens with zero attached hydrogens (tertiary/aromatic N) is 2. The van der Waals surface area contributed by atoms with Gasteiger partial charge in [-0.1, -0.05) is 19.3 Å². The number of aromatic nitrogens is 2. The molecule has 5 heteroatoms. The number of anilines is 1. The van der Waals surface area contributed by atoms with Gasteiger partial charge in [-0.25, -0.2) is 4.98 Å². The molecule has 1 saturated carbocycles. The van der Waals surface area contributed by atoms with Gasteiger partial charge in [0, 0.05) is 41.7 Å². The van der Waals surface area contributed by atoms with Gasteiger partial charge in [0.15, 0.2) is 5.13 Å². The van der Waals surface area contributed by atoms with Crippen LogP contribution in [0.15, 0.2) is 29.8 Å². The number of aryl methyl sites for hydroxylation is 1. The van der Waals surface area contributed by atoms with Crippen molar-refractivity contribution in [2.45, 2.75) is 38.1 Å². The van der Waals surface area contributed by atoms with Gasteiger partial charge in [-0.05, 0) is 25.0 Å². The molecule has 0 radical (unpaired) electrons. The number of hydrogen-bond donors (Lipinski definition) is 1. The summed E-state index contributed by atoms with van der Waals surface area (Å²) in [6, 6.07) is 6.80. The Kier molecular flexibility index (Phi) is 4.19. The maximum Gasteiger partial charge on any atom is 0.183 e. The van der Waals surface area contributed by atoms with Crippen LogP contribution >= 0.6 is 11.3 Å². The molecule has 0 amide bonds. The van der Waals surface area contributed by atoms with Crippen molar-refractivity contribution in [3.8, 4) is 17.0 Å². The Morgan fingerprint density at radius 2 is 2.08 bits per heavy atom. The number of nitrogens with one attached hydrogen (secondary N) is 1. The normalized spacial score (nSPS) is 15.8.